The first-order valence-electron chi connectivity index (χ1n) is 6.42. The molecule has 3 nitrogen and oxygen atoms in total. The minimum Gasteiger partial charge on any atom is -0.381 e. The van der Waals surface area contributed by atoms with E-state index in [1.54, 1.807) is 11.3 Å². The van der Waals surface area contributed by atoms with Gasteiger partial charge in [0.05, 0.1) is 17.7 Å². The summed E-state index contributed by atoms with van der Waals surface area (Å²) in [6, 6.07) is 2.29. The molecule has 1 aromatic rings. The summed E-state index contributed by atoms with van der Waals surface area (Å²) in [4.78, 5) is 3.59. The molecule has 2 unspecified atom stereocenters. The molecule has 1 aliphatic heterocycles. The molecule has 0 saturated carbocycles. The molecule has 0 amide bonds. The molecule has 5 heteroatoms. The number of rotatable bonds is 5. The van der Waals surface area contributed by atoms with Gasteiger partial charge >= 0.3 is 0 Å². The summed E-state index contributed by atoms with van der Waals surface area (Å²) in [6.07, 6.45) is 2.43. The Hall–Kier alpha value is -0.130. The number of hydrogen-bond acceptors (Lipinski definition) is 4. The fourth-order valence-electron chi connectivity index (χ4n) is 2.50. The Morgan fingerprint density at radius 3 is 3.06 bits per heavy atom. The highest BCUT2D eigenvalue weighted by atomic mass is 35.5. The number of thiophene rings is 1. The second-order valence-electron chi connectivity index (χ2n) is 4.94. The molecule has 18 heavy (non-hydrogen) atoms. The highest BCUT2D eigenvalue weighted by Crippen LogP contribution is 2.29. The topological polar surface area (TPSA) is 38.5 Å². The molecule has 102 valence electrons. The first-order chi connectivity index (χ1) is 8.70. The van der Waals surface area contributed by atoms with Crippen LogP contribution in [0.25, 0.3) is 0 Å². The zero-order valence-corrected chi connectivity index (χ0v) is 12.3. The molecule has 2 rings (SSSR count). The molecule has 0 aromatic carbocycles. The van der Waals surface area contributed by atoms with Crippen molar-refractivity contribution < 1.29 is 4.74 Å². The highest BCUT2D eigenvalue weighted by Gasteiger charge is 2.22. The van der Waals surface area contributed by atoms with Crippen molar-refractivity contribution in [2.75, 3.05) is 33.4 Å². The molecule has 1 aliphatic rings. The van der Waals surface area contributed by atoms with Crippen LogP contribution in [0.4, 0.5) is 0 Å². The van der Waals surface area contributed by atoms with Gasteiger partial charge in [0.2, 0.25) is 0 Å². The lowest BCUT2D eigenvalue weighted by Gasteiger charge is -2.31. The van der Waals surface area contributed by atoms with Crippen molar-refractivity contribution in [3.05, 3.63) is 21.3 Å². The van der Waals surface area contributed by atoms with Gasteiger partial charge in [-0.25, -0.2) is 0 Å². The van der Waals surface area contributed by atoms with Crippen molar-refractivity contribution in [3.63, 3.8) is 0 Å². The van der Waals surface area contributed by atoms with Gasteiger partial charge in [0.15, 0.2) is 0 Å². The van der Waals surface area contributed by atoms with Crippen molar-refractivity contribution in [1.29, 1.82) is 0 Å². The van der Waals surface area contributed by atoms with Crippen LogP contribution < -0.4 is 5.73 Å². The smallest absolute Gasteiger partial charge is 0.0562 e. The number of nitrogens with two attached hydrogens (primary N) is 1. The van der Waals surface area contributed by atoms with Gasteiger partial charge in [0, 0.05) is 30.0 Å². The summed E-state index contributed by atoms with van der Waals surface area (Å²) in [7, 11) is 2.14. The Morgan fingerprint density at radius 2 is 2.50 bits per heavy atom. The zero-order chi connectivity index (χ0) is 13.0. The molecule has 0 spiro atoms. The van der Waals surface area contributed by atoms with Gasteiger partial charge < -0.3 is 10.5 Å². The molecule has 2 atom stereocenters. The lowest BCUT2D eigenvalue weighted by molar-refractivity contribution is 0.0367. The summed E-state index contributed by atoms with van der Waals surface area (Å²) in [6.45, 7) is 3.46. The van der Waals surface area contributed by atoms with Crippen LogP contribution in [0.2, 0.25) is 5.02 Å². The van der Waals surface area contributed by atoms with Crippen LogP contribution in [0.15, 0.2) is 11.4 Å². The van der Waals surface area contributed by atoms with E-state index < -0.39 is 0 Å². The van der Waals surface area contributed by atoms with Crippen molar-refractivity contribution in [2.24, 2.45) is 11.7 Å². The first kappa shape index (κ1) is 14.3. The molecule has 1 fully saturated rings. The van der Waals surface area contributed by atoms with Gasteiger partial charge in [-0.2, -0.15) is 0 Å². The lowest BCUT2D eigenvalue weighted by Crippen LogP contribution is -2.36. The van der Waals surface area contributed by atoms with Gasteiger partial charge in [0.25, 0.3) is 0 Å². The van der Waals surface area contributed by atoms with Crippen LogP contribution in [0.1, 0.15) is 23.8 Å². The predicted molar refractivity (Wildman–Crippen MR) is 77.3 cm³/mol. The van der Waals surface area contributed by atoms with Crippen molar-refractivity contribution >= 4 is 22.9 Å². The molecule has 0 bridgehead atoms. The quantitative estimate of drug-likeness (QED) is 0.905. The van der Waals surface area contributed by atoms with E-state index >= 15 is 0 Å². The lowest BCUT2D eigenvalue weighted by atomic mass is 10.0. The van der Waals surface area contributed by atoms with E-state index in [-0.39, 0.29) is 6.04 Å². The van der Waals surface area contributed by atoms with Gasteiger partial charge in [0.1, 0.15) is 0 Å². The Balaban J connectivity index is 1.94. The SMILES string of the molecule is CN(CC1CCCOC1)C(CN)c1cc(Cl)cs1. The summed E-state index contributed by atoms with van der Waals surface area (Å²) in [5.41, 5.74) is 5.91. The maximum absolute atomic E-state index is 5.99. The number of likely N-dealkylation sites (N-methyl/N-ethyl adjacent to an activating group) is 1. The van der Waals surface area contributed by atoms with E-state index in [0.717, 1.165) is 24.8 Å². The van der Waals surface area contributed by atoms with E-state index in [9.17, 15) is 0 Å². The number of ether oxygens (including phenoxy) is 1. The first-order valence-corrected chi connectivity index (χ1v) is 7.68. The molecular weight excluding hydrogens is 268 g/mol. The van der Waals surface area contributed by atoms with Gasteiger partial charge in [-0.05, 0) is 31.9 Å². The zero-order valence-electron chi connectivity index (χ0n) is 10.8. The van der Waals surface area contributed by atoms with Gasteiger partial charge in [-0.15, -0.1) is 11.3 Å². The third-order valence-electron chi connectivity index (χ3n) is 3.47. The fraction of sp³-hybridized carbons (Fsp3) is 0.692. The maximum atomic E-state index is 5.99. The molecule has 2 N–H and O–H groups in total. The van der Waals surface area contributed by atoms with Crippen LogP contribution >= 0.6 is 22.9 Å². The number of nitrogens with zero attached hydrogens (tertiary/aromatic N) is 1. The second-order valence-corrected chi connectivity index (χ2v) is 6.32. The van der Waals surface area contributed by atoms with Crippen molar-refractivity contribution in [1.82, 2.24) is 4.90 Å². The van der Waals surface area contributed by atoms with Crippen molar-refractivity contribution in [3.8, 4) is 0 Å². The summed E-state index contributed by atoms with van der Waals surface area (Å²) >= 11 is 7.68. The molecule has 0 aliphatic carbocycles. The third kappa shape index (κ3) is 3.68. The molecule has 0 radical (unpaired) electrons. The van der Waals surface area contributed by atoms with E-state index in [2.05, 4.69) is 11.9 Å². The largest absolute Gasteiger partial charge is 0.381 e. The van der Waals surface area contributed by atoms with E-state index in [1.165, 1.54) is 17.7 Å². The van der Waals surface area contributed by atoms with Gasteiger partial charge in [-0.3, -0.25) is 4.90 Å². The Labute approximate surface area is 118 Å². The normalized spacial score (nSPS) is 22.3. The van der Waals surface area contributed by atoms with E-state index in [1.807, 2.05) is 11.4 Å². The van der Waals surface area contributed by atoms with Crippen molar-refractivity contribution in [2.45, 2.75) is 18.9 Å². The fourth-order valence-corrected chi connectivity index (χ4v) is 3.76. The average molecular weight is 289 g/mol. The molecule has 2 heterocycles. The molecule has 1 saturated heterocycles. The Kier molecular flexibility index (Phi) is 5.45. The summed E-state index contributed by atoms with van der Waals surface area (Å²) < 4.78 is 5.53. The average Bonchev–Trinajstić information content (AvgIpc) is 2.78. The minimum atomic E-state index is 0.268. The van der Waals surface area contributed by atoms with Crippen LogP contribution in [0, 0.1) is 5.92 Å². The van der Waals surface area contributed by atoms with E-state index in [4.69, 9.17) is 22.1 Å². The Morgan fingerprint density at radius 1 is 1.67 bits per heavy atom. The van der Waals surface area contributed by atoms with Crippen LogP contribution in [0.3, 0.4) is 0 Å². The van der Waals surface area contributed by atoms with E-state index in [0.29, 0.717) is 12.5 Å². The molecule has 1 aromatic heterocycles. The van der Waals surface area contributed by atoms with Gasteiger partial charge in [-0.1, -0.05) is 11.6 Å². The second kappa shape index (κ2) is 6.87. The summed E-state index contributed by atoms with van der Waals surface area (Å²) in [5.74, 6) is 0.633. The minimum absolute atomic E-state index is 0.268. The predicted octanol–water partition coefficient (Wildman–Crippen LogP) is 2.76. The highest BCUT2D eigenvalue weighted by molar-refractivity contribution is 7.10. The maximum Gasteiger partial charge on any atom is 0.0562 e. The van der Waals surface area contributed by atoms with Crippen LogP contribution in [-0.4, -0.2) is 38.3 Å². The van der Waals surface area contributed by atoms with Crippen LogP contribution in [-0.2, 0) is 4.74 Å². The van der Waals surface area contributed by atoms with Crippen LogP contribution in [0.5, 0.6) is 0 Å². The summed E-state index contributed by atoms with van der Waals surface area (Å²) in [5, 5.41) is 2.78. The standard InChI is InChI=1S/C13H21ClN2OS/c1-16(7-10-3-2-4-17-8-10)12(6-15)13-5-11(14)9-18-13/h5,9-10,12H,2-4,6-8,15H2,1H3. The number of hydrogen-bond donors (Lipinski definition) is 1. The molecular formula is C13H21ClN2OS. The number of halogens is 1. The third-order valence-corrected chi connectivity index (χ3v) is 4.85. The monoisotopic (exact) mass is 288 g/mol. The Bertz CT molecular complexity index is 366.